The van der Waals surface area contributed by atoms with Gasteiger partial charge < -0.3 is 4.57 Å². The van der Waals surface area contributed by atoms with Crippen molar-refractivity contribution in [2.45, 2.75) is 6.54 Å². The number of nitrogens with one attached hydrogen (secondary N) is 2. The average molecular weight is 319 g/mol. The number of amides is 1. The third-order valence-corrected chi connectivity index (χ3v) is 3.56. The highest BCUT2D eigenvalue weighted by Crippen LogP contribution is 2.09. The Morgan fingerprint density at radius 2 is 1.58 bits per heavy atom. The van der Waals surface area contributed by atoms with Crippen LogP contribution >= 0.6 is 0 Å². The first-order valence-corrected chi connectivity index (χ1v) is 7.58. The lowest BCUT2D eigenvalue weighted by atomic mass is 10.2. The van der Waals surface area contributed by atoms with E-state index in [-0.39, 0.29) is 11.5 Å². The second-order valence-electron chi connectivity index (χ2n) is 5.31. The lowest BCUT2D eigenvalue weighted by Crippen LogP contribution is -2.29. The van der Waals surface area contributed by atoms with Crippen molar-refractivity contribution in [3.63, 3.8) is 0 Å². The third-order valence-electron chi connectivity index (χ3n) is 3.56. The van der Waals surface area contributed by atoms with Crippen LogP contribution in [0.3, 0.4) is 0 Å². The summed E-state index contributed by atoms with van der Waals surface area (Å²) in [6.07, 6.45) is 1.76. The minimum Gasteiger partial charge on any atom is -0.311 e. The first-order chi connectivity index (χ1) is 11.7. The van der Waals surface area contributed by atoms with Gasteiger partial charge in [0.05, 0.1) is 12.2 Å². The molecule has 0 unspecified atom stereocenters. The van der Waals surface area contributed by atoms with Crippen molar-refractivity contribution in [1.82, 2.24) is 9.99 Å². The number of aromatic nitrogens is 1. The number of anilines is 1. The maximum absolute atomic E-state index is 12.0. The van der Waals surface area contributed by atoms with Crippen LogP contribution in [0.25, 0.3) is 0 Å². The number of rotatable bonds is 5. The Labute approximate surface area is 139 Å². The molecule has 5 nitrogen and oxygen atoms in total. The molecule has 0 fully saturated rings. The summed E-state index contributed by atoms with van der Waals surface area (Å²) in [7, 11) is 0. The van der Waals surface area contributed by atoms with Crippen LogP contribution in [0.1, 0.15) is 15.9 Å². The van der Waals surface area contributed by atoms with Crippen LogP contribution in [-0.2, 0) is 6.54 Å². The lowest BCUT2D eigenvalue weighted by molar-refractivity contribution is 0.0962. The van der Waals surface area contributed by atoms with E-state index in [4.69, 9.17) is 0 Å². The standard InChI is InChI=1S/C19H17N3O2/c23-18-8-4-5-13-22(18)14-15-9-11-17(12-10-15)20-21-19(24)16-6-2-1-3-7-16/h1-13,20H,14H2,(H,21,24). The van der Waals surface area contributed by atoms with Gasteiger partial charge in [-0.3, -0.25) is 20.4 Å². The Bertz CT molecular complexity index is 871. The van der Waals surface area contributed by atoms with Crippen LogP contribution in [-0.4, -0.2) is 10.5 Å². The summed E-state index contributed by atoms with van der Waals surface area (Å²) < 4.78 is 1.64. The molecule has 0 aliphatic carbocycles. The number of hydrogen-bond donors (Lipinski definition) is 2. The van der Waals surface area contributed by atoms with E-state index >= 15 is 0 Å². The number of hydrogen-bond acceptors (Lipinski definition) is 3. The first kappa shape index (κ1) is 15.6. The second kappa shape index (κ2) is 7.28. The largest absolute Gasteiger partial charge is 0.311 e. The maximum Gasteiger partial charge on any atom is 0.269 e. The van der Waals surface area contributed by atoms with Gasteiger partial charge in [-0.2, -0.15) is 0 Å². The van der Waals surface area contributed by atoms with Crippen molar-refractivity contribution in [1.29, 1.82) is 0 Å². The van der Waals surface area contributed by atoms with Gasteiger partial charge >= 0.3 is 0 Å². The molecule has 0 atom stereocenters. The zero-order valence-electron chi connectivity index (χ0n) is 13.0. The monoisotopic (exact) mass is 319 g/mol. The van der Waals surface area contributed by atoms with E-state index in [9.17, 15) is 9.59 Å². The second-order valence-corrected chi connectivity index (χ2v) is 5.31. The highest BCUT2D eigenvalue weighted by atomic mass is 16.2. The summed E-state index contributed by atoms with van der Waals surface area (Å²) >= 11 is 0. The Hall–Kier alpha value is -3.34. The molecule has 3 rings (SSSR count). The highest BCUT2D eigenvalue weighted by Gasteiger charge is 2.03. The van der Waals surface area contributed by atoms with Crippen LogP contribution in [0, 0.1) is 0 Å². The van der Waals surface area contributed by atoms with Gasteiger partial charge in [-0.25, -0.2) is 0 Å². The molecule has 0 spiro atoms. The zero-order valence-corrected chi connectivity index (χ0v) is 13.0. The molecule has 0 aliphatic rings. The highest BCUT2D eigenvalue weighted by molar-refractivity contribution is 5.94. The number of carbonyl (C=O) groups is 1. The summed E-state index contributed by atoms with van der Waals surface area (Å²) in [5.74, 6) is -0.199. The maximum atomic E-state index is 12.0. The minimum atomic E-state index is -0.199. The normalized spacial score (nSPS) is 10.2. The molecule has 1 aromatic heterocycles. The number of benzene rings is 2. The zero-order chi connectivity index (χ0) is 16.8. The van der Waals surface area contributed by atoms with Crippen molar-refractivity contribution in [2.24, 2.45) is 0 Å². The van der Waals surface area contributed by atoms with E-state index in [1.807, 2.05) is 48.5 Å². The fraction of sp³-hybridized carbons (Fsp3) is 0.0526. The summed E-state index contributed by atoms with van der Waals surface area (Å²) in [6, 6.07) is 21.6. The molecule has 0 saturated heterocycles. The molecule has 1 heterocycles. The molecule has 0 saturated carbocycles. The Kier molecular flexibility index (Phi) is 4.72. The molecule has 1 amide bonds. The number of nitrogens with zero attached hydrogens (tertiary/aromatic N) is 1. The van der Waals surface area contributed by atoms with Crippen molar-refractivity contribution < 1.29 is 4.79 Å². The lowest BCUT2D eigenvalue weighted by Gasteiger charge is -2.10. The minimum absolute atomic E-state index is 0.0326. The molecule has 2 N–H and O–H groups in total. The van der Waals surface area contributed by atoms with Crippen molar-refractivity contribution in [3.8, 4) is 0 Å². The molecule has 0 radical (unpaired) electrons. The molecule has 0 aliphatic heterocycles. The van der Waals surface area contributed by atoms with Gasteiger partial charge in [0.25, 0.3) is 11.5 Å². The number of hydrazine groups is 1. The van der Waals surface area contributed by atoms with Gasteiger partial charge in [0, 0.05) is 17.8 Å². The van der Waals surface area contributed by atoms with Crippen LogP contribution < -0.4 is 16.4 Å². The van der Waals surface area contributed by atoms with Crippen molar-refractivity contribution in [3.05, 3.63) is 100 Å². The van der Waals surface area contributed by atoms with E-state index in [1.165, 1.54) is 6.07 Å². The predicted molar refractivity (Wildman–Crippen MR) is 93.8 cm³/mol. The van der Waals surface area contributed by atoms with E-state index in [2.05, 4.69) is 10.9 Å². The van der Waals surface area contributed by atoms with Crippen molar-refractivity contribution in [2.75, 3.05) is 5.43 Å². The van der Waals surface area contributed by atoms with Crippen LogP contribution in [0.5, 0.6) is 0 Å². The molecule has 120 valence electrons. The van der Waals surface area contributed by atoms with Gasteiger partial charge in [-0.15, -0.1) is 0 Å². The molecule has 0 bridgehead atoms. The first-order valence-electron chi connectivity index (χ1n) is 7.58. The summed E-state index contributed by atoms with van der Waals surface area (Å²) in [5, 5.41) is 0. The van der Waals surface area contributed by atoms with Crippen LogP contribution in [0.15, 0.2) is 83.8 Å². The van der Waals surface area contributed by atoms with Gasteiger partial charge in [0.1, 0.15) is 0 Å². The third kappa shape index (κ3) is 3.89. The molecule has 2 aromatic carbocycles. The molecule has 3 aromatic rings. The van der Waals surface area contributed by atoms with Gasteiger partial charge in [-0.1, -0.05) is 36.4 Å². The van der Waals surface area contributed by atoms with E-state index in [1.54, 1.807) is 29.0 Å². The smallest absolute Gasteiger partial charge is 0.269 e. The Balaban J connectivity index is 1.60. The van der Waals surface area contributed by atoms with E-state index in [0.717, 1.165) is 11.3 Å². The van der Waals surface area contributed by atoms with Crippen molar-refractivity contribution >= 4 is 11.6 Å². The van der Waals surface area contributed by atoms with Gasteiger partial charge in [0.2, 0.25) is 0 Å². The summed E-state index contributed by atoms with van der Waals surface area (Å²) in [5.41, 5.74) is 7.85. The molecular formula is C19H17N3O2. The van der Waals surface area contributed by atoms with Crippen LogP contribution in [0.2, 0.25) is 0 Å². The number of carbonyl (C=O) groups excluding carboxylic acids is 1. The Morgan fingerprint density at radius 3 is 2.29 bits per heavy atom. The quantitative estimate of drug-likeness (QED) is 0.711. The number of pyridine rings is 1. The topological polar surface area (TPSA) is 63.1 Å². The van der Waals surface area contributed by atoms with Crippen LogP contribution in [0.4, 0.5) is 5.69 Å². The fourth-order valence-corrected chi connectivity index (χ4v) is 2.27. The summed E-state index contributed by atoms with van der Waals surface area (Å²) in [4.78, 5) is 23.7. The van der Waals surface area contributed by atoms with E-state index in [0.29, 0.717) is 12.1 Å². The predicted octanol–water partition coefficient (Wildman–Crippen LogP) is 2.65. The average Bonchev–Trinajstić information content (AvgIpc) is 2.63. The Morgan fingerprint density at radius 1 is 0.875 bits per heavy atom. The fourth-order valence-electron chi connectivity index (χ4n) is 2.27. The van der Waals surface area contributed by atoms with Gasteiger partial charge in [0.15, 0.2) is 0 Å². The SMILES string of the molecule is O=C(NNc1ccc(Cn2ccccc2=O)cc1)c1ccccc1. The summed E-state index contributed by atoms with van der Waals surface area (Å²) in [6.45, 7) is 0.510. The molecule has 24 heavy (non-hydrogen) atoms. The van der Waals surface area contributed by atoms with Gasteiger partial charge in [-0.05, 0) is 35.9 Å². The molecular weight excluding hydrogens is 302 g/mol. The van der Waals surface area contributed by atoms with E-state index < -0.39 is 0 Å². The molecule has 5 heteroatoms.